The van der Waals surface area contributed by atoms with E-state index in [2.05, 4.69) is 68.4 Å². The maximum absolute atomic E-state index is 5.39. The molecule has 0 saturated carbocycles. The Morgan fingerprint density at radius 2 is 1.85 bits per heavy atom. The highest BCUT2D eigenvalue weighted by Crippen LogP contribution is 2.16. The van der Waals surface area contributed by atoms with Crippen LogP contribution in [0.1, 0.15) is 25.1 Å². The second-order valence-corrected chi connectivity index (χ2v) is 6.43. The summed E-state index contributed by atoms with van der Waals surface area (Å²) >= 11 is 0. The molecule has 1 aliphatic heterocycles. The summed E-state index contributed by atoms with van der Waals surface area (Å²) in [4.78, 5) is 13.6. The van der Waals surface area contributed by atoms with Gasteiger partial charge in [-0.3, -0.25) is 5.43 Å². The van der Waals surface area contributed by atoms with Crippen LogP contribution >= 0.6 is 0 Å². The van der Waals surface area contributed by atoms with E-state index in [4.69, 9.17) is 4.74 Å². The van der Waals surface area contributed by atoms with Crippen LogP contribution in [0.3, 0.4) is 0 Å². The molecule has 0 amide bonds. The molecule has 2 heterocycles. The number of morpholine rings is 1. The fourth-order valence-corrected chi connectivity index (χ4v) is 3.05. The number of benzene rings is 1. The van der Waals surface area contributed by atoms with Gasteiger partial charge in [-0.15, -0.1) is 0 Å². The van der Waals surface area contributed by atoms with Gasteiger partial charge in [0.05, 0.1) is 19.4 Å². The second-order valence-electron chi connectivity index (χ2n) is 6.43. The van der Waals surface area contributed by atoms with E-state index in [-0.39, 0.29) is 0 Å². The van der Waals surface area contributed by atoms with Gasteiger partial charge in [0.2, 0.25) is 5.95 Å². The van der Waals surface area contributed by atoms with E-state index in [1.165, 1.54) is 5.69 Å². The summed E-state index contributed by atoms with van der Waals surface area (Å²) in [5.74, 6) is 1.42. The van der Waals surface area contributed by atoms with Crippen molar-refractivity contribution in [3.05, 3.63) is 41.6 Å². The highest BCUT2D eigenvalue weighted by molar-refractivity contribution is 5.80. The number of aryl methyl sites for hydroxylation is 1. The van der Waals surface area contributed by atoms with Crippen molar-refractivity contribution in [1.82, 2.24) is 9.97 Å². The second kappa shape index (κ2) is 9.32. The normalized spacial score (nSPS) is 14.6. The van der Waals surface area contributed by atoms with Gasteiger partial charge in [0.15, 0.2) is 5.82 Å². The number of nitrogens with one attached hydrogen (secondary N) is 1. The molecule has 0 radical (unpaired) electrons. The van der Waals surface area contributed by atoms with E-state index in [1.54, 1.807) is 6.21 Å². The largest absolute Gasteiger partial charge is 0.378 e. The predicted octanol–water partition coefficient (Wildman–Crippen LogP) is 2.91. The molecule has 7 heteroatoms. The van der Waals surface area contributed by atoms with Crippen molar-refractivity contribution < 1.29 is 4.74 Å². The van der Waals surface area contributed by atoms with E-state index < -0.39 is 0 Å². The lowest BCUT2D eigenvalue weighted by Crippen LogP contribution is -2.37. The molecule has 3 rings (SSSR count). The molecule has 1 fully saturated rings. The minimum atomic E-state index is 0.694. The van der Waals surface area contributed by atoms with Gasteiger partial charge in [0.25, 0.3) is 0 Å². The van der Waals surface area contributed by atoms with Gasteiger partial charge in [-0.1, -0.05) is 12.1 Å². The van der Waals surface area contributed by atoms with Gasteiger partial charge in [-0.25, -0.2) is 4.98 Å². The lowest BCUT2D eigenvalue weighted by atomic mass is 10.2. The highest BCUT2D eigenvalue weighted by atomic mass is 16.5. The summed E-state index contributed by atoms with van der Waals surface area (Å²) in [7, 11) is 0. The summed E-state index contributed by atoms with van der Waals surface area (Å²) in [6.45, 7) is 11.3. The topological polar surface area (TPSA) is 65.9 Å². The average molecular weight is 368 g/mol. The molecular formula is C20H28N6O. The minimum Gasteiger partial charge on any atom is -0.378 e. The molecule has 0 unspecified atom stereocenters. The number of hydrogen-bond donors (Lipinski definition) is 1. The van der Waals surface area contributed by atoms with Crippen molar-refractivity contribution in [2.24, 2.45) is 5.10 Å². The van der Waals surface area contributed by atoms with Crippen LogP contribution in [-0.2, 0) is 4.74 Å². The molecule has 27 heavy (non-hydrogen) atoms. The van der Waals surface area contributed by atoms with E-state index in [1.807, 2.05) is 13.0 Å². The SMILES string of the molecule is CCN(CC)c1ccc(/C=N\Nc2cc(C)nc(N3CCOCC3)n2)cc1. The van der Waals surface area contributed by atoms with Gasteiger partial charge < -0.3 is 14.5 Å². The summed E-state index contributed by atoms with van der Waals surface area (Å²) in [5, 5.41) is 4.33. The van der Waals surface area contributed by atoms with Crippen molar-refractivity contribution in [3.63, 3.8) is 0 Å². The average Bonchev–Trinajstić information content (AvgIpc) is 2.70. The first-order valence-electron chi connectivity index (χ1n) is 9.52. The fourth-order valence-electron chi connectivity index (χ4n) is 3.05. The number of nitrogens with zero attached hydrogens (tertiary/aromatic N) is 5. The van der Waals surface area contributed by atoms with Crippen molar-refractivity contribution in [3.8, 4) is 0 Å². The lowest BCUT2D eigenvalue weighted by molar-refractivity contribution is 0.122. The molecular weight excluding hydrogens is 340 g/mol. The molecule has 2 aromatic rings. The number of ether oxygens (including phenoxy) is 1. The first-order chi connectivity index (χ1) is 13.2. The zero-order valence-corrected chi connectivity index (χ0v) is 16.4. The third kappa shape index (κ3) is 5.17. The Morgan fingerprint density at radius 1 is 1.15 bits per heavy atom. The van der Waals surface area contributed by atoms with E-state index in [0.717, 1.165) is 43.4 Å². The first-order valence-corrected chi connectivity index (χ1v) is 9.52. The maximum atomic E-state index is 5.39. The predicted molar refractivity (Wildman–Crippen MR) is 111 cm³/mol. The number of hydrazone groups is 1. The molecule has 0 atom stereocenters. The summed E-state index contributed by atoms with van der Waals surface area (Å²) in [6.07, 6.45) is 1.80. The Kier molecular flexibility index (Phi) is 6.59. The molecule has 144 valence electrons. The number of hydrogen-bond acceptors (Lipinski definition) is 7. The standard InChI is InChI=1S/C20H28N6O/c1-4-25(5-2)18-8-6-17(7-9-18)15-21-24-19-14-16(3)22-20(23-19)26-10-12-27-13-11-26/h6-9,14-15H,4-5,10-13H2,1-3H3,(H,22,23,24)/b21-15-. The smallest absolute Gasteiger partial charge is 0.227 e. The molecule has 1 N–H and O–H groups in total. The Bertz CT molecular complexity index is 752. The molecule has 1 aromatic carbocycles. The zero-order valence-electron chi connectivity index (χ0n) is 16.4. The monoisotopic (exact) mass is 368 g/mol. The fraction of sp³-hybridized carbons (Fsp3) is 0.450. The lowest BCUT2D eigenvalue weighted by Gasteiger charge is -2.27. The van der Waals surface area contributed by atoms with Crippen molar-refractivity contribution in [2.75, 3.05) is 54.6 Å². The number of aromatic nitrogens is 2. The van der Waals surface area contributed by atoms with Crippen LogP contribution < -0.4 is 15.2 Å². The van der Waals surface area contributed by atoms with E-state index in [9.17, 15) is 0 Å². The molecule has 7 nitrogen and oxygen atoms in total. The van der Waals surface area contributed by atoms with Gasteiger partial charge in [0.1, 0.15) is 0 Å². The molecule has 1 saturated heterocycles. The zero-order chi connectivity index (χ0) is 19.1. The van der Waals surface area contributed by atoms with Crippen LogP contribution in [0.25, 0.3) is 0 Å². The summed E-state index contributed by atoms with van der Waals surface area (Å²) in [5.41, 5.74) is 6.20. The van der Waals surface area contributed by atoms with Gasteiger partial charge >= 0.3 is 0 Å². The quantitative estimate of drug-likeness (QED) is 0.599. The molecule has 0 aliphatic carbocycles. The van der Waals surface area contributed by atoms with E-state index >= 15 is 0 Å². The Hall–Kier alpha value is -2.67. The molecule has 1 aromatic heterocycles. The van der Waals surface area contributed by atoms with E-state index in [0.29, 0.717) is 19.0 Å². The van der Waals surface area contributed by atoms with Gasteiger partial charge in [0, 0.05) is 43.6 Å². The Morgan fingerprint density at radius 3 is 2.52 bits per heavy atom. The molecule has 0 spiro atoms. The molecule has 0 bridgehead atoms. The third-order valence-corrected chi connectivity index (χ3v) is 4.55. The number of rotatable bonds is 7. The van der Waals surface area contributed by atoms with Crippen LogP contribution in [0.4, 0.5) is 17.5 Å². The minimum absolute atomic E-state index is 0.694. The molecule has 1 aliphatic rings. The van der Waals surface area contributed by atoms with Crippen molar-refractivity contribution >= 4 is 23.7 Å². The Labute approximate surface area is 161 Å². The van der Waals surface area contributed by atoms with Crippen LogP contribution in [0.2, 0.25) is 0 Å². The van der Waals surface area contributed by atoms with Crippen LogP contribution in [0.5, 0.6) is 0 Å². The summed E-state index contributed by atoms with van der Waals surface area (Å²) in [6, 6.07) is 10.3. The highest BCUT2D eigenvalue weighted by Gasteiger charge is 2.14. The third-order valence-electron chi connectivity index (χ3n) is 4.55. The van der Waals surface area contributed by atoms with Gasteiger partial charge in [-0.2, -0.15) is 10.1 Å². The summed E-state index contributed by atoms with van der Waals surface area (Å²) < 4.78 is 5.39. The Balaban J connectivity index is 1.64. The van der Waals surface area contributed by atoms with Gasteiger partial charge in [-0.05, 0) is 38.5 Å². The van der Waals surface area contributed by atoms with Crippen molar-refractivity contribution in [2.45, 2.75) is 20.8 Å². The number of anilines is 3. The maximum Gasteiger partial charge on any atom is 0.227 e. The van der Waals surface area contributed by atoms with Crippen molar-refractivity contribution in [1.29, 1.82) is 0 Å². The van der Waals surface area contributed by atoms with Crippen LogP contribution in [0.15, 0.2) is 35.4 Å². The first kappa shape index (κ1) is 19.1. The van der Waals surface area contributed by atoms with Crippen LogP contribution in [0, 0.1) is 6.92 Å². The van der Waals surface area contributed by atoms with Crippen LogP contribution in [-0.4, -0.2) is 55.6 Å².